The molecule has 3 nitrogen and oxygen atoms in total. The zero-order valence-electron chi connectivity index (χ0n) is 10.5. The molecule has 2 aliphatic rings. The van der Waals surface area contributed by atoms with Gasteiger partial charge in [-0.15, -0.1) is 0 Å². The molecule has 1 N–H and O–H groups in total. The molecule has 16 heavy (non-hydrogen) atoms. The maximum absolute atomic E-state index is 11.5. The molecule has 0 spiro atoms. The summed E-state index contributed by atoms with van der Waals surface area (Å²) < 4.78 is 0. The lowest BCUT2D eigenvalue weighted by Crippen LogP contribution is -2.45. The van der Waals surface area contributed by atoms with Crippen molar-refractivity contribution in [2.24, 2.45) is 11.8 Å². The van der Waals surface area contributed by atoms with Crippen LogP contribution in [0.1, 0.15) is 39.5 Å². The van der Waals surface area contributed by atoms with Gasteiger partial charge in [0.15, 0.2) is 0 Å². The number of likely N-dealkylation sites (tertiary alicyclic amines) is 1. The average molecular weight is 224 g/mol. The van der Waals surface area contributed by atoms with Gasteiger partial charge in [-0.25, -0.2) is 0 Å². The number of nitrogens with one attached hydrogen (secondary N) is 1. The van der Waals surface area contributed by atoms with Crippen molar-refractivity contribution in [1.29, 1.82) is 0 Å². The van der Waals surface area contributed by atoms with Gasteiger partial charge in [0.1, 0.15) is 0 Å². The van der Waals surface area contributed by atoms with Crippen LogP contribution < -0.4 is 5.32 Å². The Hall–Kier alpha value is -0.570. The van der Waals surface area contributed by atoms with Crippen molar-refractivity contribution in [3.8, 4) is 0 Å². The highest BCUT2D eigenvalue weighted by Crippen LogP contribution is 2.28. The second-order valence-corrected chi connectivity index (χ2v) is 5.59. The second kappa shape index (κ2) is 5.17. The van der Waals surface area contributed by atoms with Crippen molar-refractivity contribution in [3.63, 3.8) is 0 Å². The fourth-order valence-electron chi connectivity index (χ4n) is 2.34. The zero-order valence-corrected chi connectivity index (χ0v) is 10.5. The fourth-order valence-corrected chi connectivity index (χ4v) is 2.34. The predicted molar refractivity (Wildman–Crippen MR) is 65.2 cm³/mol. The summed E-state index contributed by atoms with van der Waals surface area (Å²) in [5.41, 5.74) is 0. The molecular formula is C13H24N2O. The lowest BCUT2D eigenvalue weighted by molar-refractivity contribution is -0.122. The maximum atomic E-state index is 11.5. The second-order valence-electron chi connectivity index (χ2n) is 5.59. The van der Waals surface area contributed by atoms with E-state index in [1.165, 1.54) is 25.9 Å². The molecule has 1 aliphatic heterocycles. The monoisotopic (exact) mass is 224 g/mol. The topological polar surface area (TPSA) is 32.3 Å². The van der Waals surface area contributed by atoms with E-state index < -0.39 is 0 Å². The molecule has 2 rings (SSSR count). The summed E-state index contributed by atoms with van der Waals surface area (Å²) >= 11 is 0. The standard InChI is InChI=1S/C13H24N2O/c1-10-5-7-15(8-6-10)11(2)9-14-13(16)12-3-4-12/h10-12H,3-9H2,1-2H3,(H,14,16). The van der Waals surface area contributed by atoms with Gasteiger partial charge < -0.3 is 5.32 Å². The molecule has 3 heteroatoms. The molecular weight excluding hydrogens is 200 g/mol. The minimum atomic E-state index is 0.275. The summed E-state index contributed by atoms with van der Waals surface area (Å²) in [7, 11) is 0. The van der Waals surface area contributed by atoms with Crippen LogP contribution in [-0.2, 0) is 4.79 Å². The number of carbonyl (C=O) groups excluding carboxylic acids is 1. The third-order valence-electron chi connectivity index (χ3n) is 3.96. The van der Waals surface area contributed by atoms with Crippen LogP contribution in [0.25, 0.3) is 0 Å². The van der Waals surface area contributed by atoms with Crippen LogP contribution in [-0.4, -0.2) is 36.5 Å². The van der Waals surface area contributed by atoms with Crippen molar-refractivity contribution >= 4 is 5.91 Å². The summed E-state index contributed by atoms with van der Waals surface area (Å²) in [6, 6.07) is 0.496. The van der Waals surface area contributed by atoms with E-state index in [1.807, 2.05) is 0 Å². The number of rotatable bonds is 4. The minimum absolute atomic E-state index is 0.275. The molecule has 1 atom stereocenters. The Labute approximate surface area is 98.6 Å². The van der Waals surface area contributed by atoms with E-state index >= 15 is 0 Å². The van der Waals surface area contributed by atoms with Crippen LogP contribution in [0.2, 0.25) is 0 Å². The van der Waals surface area contributed by atoms with Gasteiger partial charge in [-0.2, -0.15) is 0 Å². The molecule has 1 saturated carbocycles. The van der Waals surface area contributed by atoms with Crippen molar-refractivity contribution in [1.82, 2.24) is 10.2 Å². The Morgan fingerprint density at radius 3 is 2.50 bits per heavy atom. The van der Waals surface area contributed by atoms with Crippen LogP contribution in [0.4, 0.5) is 0 Å². The van der Waals surface area contributed by atoms with E-state index in [2.05, 4.69) is 24.1 Å². The van der Waals surface area contributed by atoms with Gasteiger partial charge >= 0.3 is 0 Å². The van der Waals surface area contributed by atoms with E-state index in [9.17, 15) is 4.79 Å². The Bertz CT molecular complexity index is 242. The summed E-state index contributed by atoms with van der Waals surface area (Å²) in [6.45, 7) is 7.77. The van der Waals surface area contributed by atoms with Gasteiger partial charge in [-0.3, -0.25) is 9.69 Å². The third-order valence-corrected chi connectivity index (χ3v) is 3.96. The van der Waals surface area contributed by atoms with Crippen molar-refractivity contribution in [3.05, 3.63) is 0 Å². The Morgan fingerprint density at radius 2 is 1.94 bits per heavy atom. The highest BCUT2D eigenvalue weighted by Gasteiger charge is 2.30. The van der Waals surface area contributed by atoms with Crippen LogP contribution >= 0.6 is 0 Å². The van der Waals surface area contributed by atoms with E-state index in [4.69, 9.17) is 0 Å². The van der Waals surface area contributed by atoms with Crippen LogP contribution in [0.3, 0.4) is 0 Å². The van der Waals surface area contributed by atoms with Gasteiger partial charge in [0.25, 0.3) is 0 Å². The summed E-state index contributed by atoms with van der Waals surface area (Å²) in [5, 5.41) is 3.07. The van der Waals surface area contributed by atoms with Crippen molar-refractivity contribution in [2.45, 2.75) is 45.6 Å². The first kappa shape index (κ1) is 11.9. The van der Waals surface area contributed by atoms with Crippen molar-refractivity contribution < 1.29 is 4.79 Å². The van der Waals surface area contributed by atoms with Crippen LogP contribution in [0.15, 0.2) is 0 Å². The maximum Gasteiger partial charge on any atom is 0.223 e. The lowest BCUT2D eigenvalue weighted by atomic mass is 9.98. The summed E-state index contributed by atoms with van der Waals surface area (Å²) in [5.74, 6) is 1.50. The number of amides is 1. The van der Waals surface area contributed by atoms with Gasteiger partial charge in [0, 0.05) is 18.5 Å². The lowest BCUT2D eigenvalue weighted by Gasteiger charge is -2.35. The average Bonchev–Trinajstić information content (AvgIpc) is 3.10. The SMILES string of the molecule is CC1CCN(C(C)CNC(=O)C2CC2)CC1. The Kier molecular flexibility index (Phi) is 3.85. The van der Waals surface area contributed by atoms with Crippen LogP contribution in [0.5, 0.6) is 0 Å². The molecule has 1 amide bonds. The molecule has 1 unspecified atom stereocenters. The zero-order chi connectivity index (χ0) is 11.5. The van der Waals surface area contributed by atoms with E-state index in [0.29, 0.717) is 12.0 Å². The highest BCUT2D eigenvalue weighted by molar-refractivity contribution is 5.80. The fraction of sp³-hybridized carbons (Fsp3) is 0.923. The molecule has 92 valence electrons. The smallest absolute Gasteiger partial charge is 0.223 e. The number of carbonyl (C=O) groups is 1. The van der Waals surface area contributed by atoms with Crippen LogP contribution in [0, 0.1) is 11.8 Å². The molecule has 0 aromatic carbocycles. The Morgan fingerprint density at radius 1 is 1.31 bits per heavy atom. The van der Waals surface area contributed by atoms with E-state index in [1.54, 1.807) is 0 Å². The van der Waals surface area contributed by atoms with Gasteiger partial charge in [0.2, 0.25) is 5.91 Å². The molecule has 1 aliphatic carbocycles. The molecule has 1 heterocycles. The first-order valence-corrected chi connectivity index (χ1v) is 6.68. The number of hydrogen-bond donors (Lipinski definition) is 1. The minimum Gasteiger partial charge on any atom is -0.354 e. The van der Waals surface area contributed by atoms with E-state index in [0.717, 1.165) is 25.3 Å². The first-order valence-electron chi connectivity index (χ1n) is 6.68. The Balaban J connectivity index is 1.66. The van der Waals surface area contributed by atoms with Gasteiger partial charge in [-0.1, -0.05) is 6.92 Å². The number of hydrogen-bond acceptors (Lipinski definition) is 2. The molecule has 0 aromatic rings. The normalized spacial score (nSPS) is 25.4. The molecule has 0 aromatic heterocycles. The first-order chi connectivity index (χ1) is 7.66. The highest BCUT2D eigenvalue weighted by atomic mass is 16.2. The number of nitrogens with zero attached hydrogens (tertiary/aromatic N) is 1. The summed E-state index contributed by atoms with van der Waals surface area (Å²) in [6.07, 6.45) is 4.81. The summed E-state index contributed by atoms with van der Waals surface area (Å²) in [4.78, 5) is 14.0. The van der Waals surface area contributed by atoms with Gasteiger partial charge in [-0.05, 0) is 51.6 Å². The molecule has 0 bridgehead atoms. The van der Waals surface area contributed by atoms with Crippen molar-refractivity contribution in [2.75, 3.05) is 19.6 Å². The quantitative estimate of drug-likeness (QED) is 0.787. The molecule has 2 fully saturated rings. The predicted octanol–water partition coefficient (Wildman–Crippen LogP) is 1.63. The largest absolute Gasteiger partial charge is 0.354 e. The molecule has 1 saturated heterocycles. The third kappa shape index (κ3) is 3.21. The van der Waals surface area contributed by atoms with Gasteiger partial charge in [0.05, 0.1) is 0 Å². The number of piperidine rings is 1. The molecule has 0 radical (unpaired) electrons. The van der Waals surface area contributed by atoms with E-state index in [-0.39, 0.29) is 5.91 Å².